The van der Waals surface area contributed by atoms with E-state index in [4.69, 9.17) is 15.6 Å². The number of nitrogens with two attached hydrogens (primary N) is 1. The Morgan fingerprint density at radius 1 is 1.50 bits per heavy atom. The van der Waals surface area contributed by atoms with Gasteiger partial charge in [0.2, 0.25) is 5.91 Å². The highest BCUT2D eigenvalue weighted by Crippen LogP contribution is 2.40. The van der Waals surface area contributed by atoms with Crippen LogP contribution < -0.4 is 16.4 Å². The van der Waals surface area contributed by atoms with E-state index in [0.717, 1.165) is 19.4 Å². The van der Waals surface area contributed by atoms with Crippen LogP contribution in [0.15, 0.2) is 0 Å². The van der Waals surface area contributed by atoms with Crippen molar-refractivity contribution in [3.63, 3.8) is 0 Å². The number of hydrogen-bond acceptors (Lipinski definition) is 6. The molecule has 0 bridgehead atoms. The third-order valence-electron chi connectivity index (χ3n) is 3.94. The highest BCUT2D eigenvalue weighted by Gasteiger charge is 2.44. The molecule has 2 aliphatic rings. The zero-order valence-corrected chi connectivity index (χ0v) is 13.8. The minimum atomic E-state index is -1.11. The number of hydrogen-bond donors (Lipinski definition) is 4. The Balaban J connectivity index is 1.87. The minimum absolute atomic E-state index is 0.0418. The Labute approximate surface area is 134 Å². The number of carbonyl (C=O) groups excluding carboxylic acids is 1. The fourth-order valence-electron chi connectivity index (χ4n) is 2.90. The quantitative estimate of drug-likeness (QED) is 0.521. The van der Waals surface area contributed by atoms with Crippen LogP contribution in [0.1, 0.15) is 26.7 Å². The Kier molecular flexibility index (Phi) is 6.08. The predicted octanol–water partition coefficient (Wildman–Crippen LogP) is -0.456. The second-order valence-corrected chi connectivity index (χ2v) is 7.47. The SMILES string of the molecule is CC(C)OC1CCNC2CC(C(=O)NC[C@@H](N)C(=O)O)SC21. The molecule has 126 valence electrons. The lowest BCUT2D eigenvalue weighted by atomic mass is 9.97. The number of rotatable bonds is 6. The molecule has 8 heteroatoms. The first-order chi connectivity index (χ1) is 10.4. The lowest BCUT2D eigenvalue weighted by Crippen LogP contribution is -2.49. The molecule has 0 radical (unpaired) electrons. The van der Waals surface area contributed by atoms with Gasteiger partial charge in [0.15, 0.2) is 0 Å². The molecule has 0 aliphatic carbocycles. The number of carbonyl (C=O) groups is 2. The lowest BCUT2D eigenvalue weighted by molar-refractivity contribution is -0.138. The number of amides is 1. The standard InChI is InChI=1S/C14H25N3O4S/c1-7(2)21-10-3-4-16-9-5-11(22-12(9)10)13(18)17-6-8(15)14(19)20/h7-12,16H,3-6,15H2,1-2H3,(H,17,18)(H,19,20)/t8-,9?,10?,11?,12?/m1/s1. The van der Waals surface area contributed by atoms with Crippen LogP contribution in [-0.2, 0) is 14.3 Å². The molecule has 22 heavy (non-hydrogen) atoms. The van der Waals surface area contributed by atoms with Crippen LogP contribution in [0.4, 0.5) is 0 Å². The van der Waals surface area contributed by atoms with Gasteiger partial charge < -0.3 is 26.2 Å². The zero-order chi connectivity index (χ0) is 16.3. The highest BCUT2D eigenvalue weighted by atomic mass is 32.2. The van der Waals surface area contributed by atoms with Gasteiger partial charge in [0, 0.05) is 17.8 Å². The molecular weight excluding hydrogens is 306 g/mol. The molecule has 2 heterocycles. The topological polar surface area (TPSA) is 114 Å². The molecule has 5 N–H and O–H groups in total. The monoisotopic (exact) mass is 331 g/mol. The fraction of sp³-hybridized carbons (Fsp3) is 0.857. The van der Waals surface area contributed by atoms with Gasteiger partial charge in [-0.15, -0.1) is 11.8 Å². The summed E-state index contributed by atoms with van der Waals surface area (Å²) in [4.78, 5) is 22.9. The summed E-state index contributed by atoms with van der Waals surface area (Å²) in [6.07, 6.45) is 2.02. The van der Waals surface area contributed by atoms with E-state index >= 15 is 0 Å². The van der Waals surface area contributed by atoms with E-state index in [0.29, 0.717) is 0 Å². The molecule has 7 nitrogen and oxygen atoms in total. The third-order valence-corrected chi connectivity index (χ3v) is 5.62. The van der Waals surface area contributed by atoms with Crippen LogP contribution in [0.25, 0.3) is 0 Å². The van der Waals surface area contributed by atoms with E-state index in [1.54, 1.807) is 11.8 Å². The number of carboxylic acids is 1. The van der Waals surface area contributed by atoms with Gasteiger partial charge in [0.1, 0.15) is 6.04 Å². The maximum absolute atomic E-state index is 12.2. The molecule has 0 aromatic heterocycles. The molecule has 2 rings (SSSR count). The van der Waals surface area contributed by atoms with Crippen molar-refractivity contribution >= 4 is 23.6 Å². The number of piperidine rings is 1. The molecule has 2 saturated heterocycles. The normalized spacial score (nSPS) is 32.5. The van der Waals surface area contributed by atoms with Crippen LogP contribution >= 0.6 is 11.8 Å². The number of aliphatic carboxylic acids is 1. The van der Waals surface area contributed by atoms with Gasteiger partial charge in [0.25, 0.3) is 0 Å². The summed E-state index contributed by atoms with van der Waals surface area (Å²) in [7, 11) is 0. The summed E-state index contributed by atoms with van der Waals surface area (Å²) < 4.78 is 5.97. The molecular formula is C14H25N3O4S. The molecule has 2 aliphatic heterocycles. The Morgan fingerprint density at radius 3 is 2.86 bits per heavy atom. The van der Waals surface area contributed by atoms with E-state index in [1.807, 2.05) is 13.8 Å². The van der Waals surface area contributed by atoms with Gasteiger partial charge in [-0.1, -0.05) is 0 Å². The second-order valence-electron chi connectivity index (χ2n) is 6.09. The van der Waals surface area contributed by atoms with Gasteiger partial charge in [-0.2, -0.15) is 0 Å². The summed E-state index contributed by atoms with van der Waals surface area (Å²) >= 11 is 1.63. The molecule has 4 unspecified atom stereocenters. The molecule has 0 saturated carbocycles. The Bertz CT molecular complexity index is 421. The molecule has 2 fully saturated rings. The smallest absolute Gasteiger partial charge is 0.322 e. The Hall–Kier alpha value is -0.830. The lowest BCUT2D eigenvalue weighted by Gasteiger charge is -2.34. The van der Waals surface area contributed by atoms with Gasteiger partial charge in [-0.25, -0.2) is 0 Å². The average Bonchev–Trinajstić information content (AvgIpc) is 2.88. The highest BCUT2D eigenvalue weighted by molar-refractivity contribution is 8.01. The minimum Gasteiger partial charge on any atom is -0.480 e. The number of carboxylic acid groups (broad SMARTS) is 1. The van der Waals surface area contributed by atoms with Gasteiger partial charge in [-0.3, -0.25) is 9.59 Å². The van der Waals surface area contributed by atoms with Crippen LogP contribution in [-0.4, -0.2) is 64.9 Å². The number of fused-ring (bicyclic) bond motifs is 1. The Morgan fingerprint density at radius 2 is 2.23 bits per heavy atom. The van der Waals surface area contributed by atoms with Crippen molar-refractivity contribution in [2.45, 2.75) is 61.5 Å². The van der Waals surface area contributed by atoms with Crippen LogP contribution in [0.5, 0.6) is 0 Å². The van der Waals surface area contributed by atoms with E-state index in [1.165, 1.54) is 0 Å². The van der Waals surface area contributed by atoms with Gasteiger partial charge in [-0.05, 0) is 33.2 Å². The second kappa shape index (κ2) is 7.63. The number of thioether (sulfide) groups is 1. The average molecular weight is 331 g/mol. The molecule has 5 atom stereocenters. The fourth-order valence-corrected chi connectivity index (χ4v) is 4.58. The summed E-state index contributed by atoms with van der Waals surface area (Å²) in [5.74, 6) is -1.25. The van der Waals surface area contributed by atoms with Gasteiger partial charge >= 0.3 is 5.97 Å². The molecule has 0 aromatic rings. The maximum atomic E-state index is 12.2. The van der Waals surface area contributed by atoms with Crippen molar-refractivity contribution in [2.24, 2.45) is 5.73 Å². The van der Waals surface area contributed by atoms with E-state index in [9.17, 15) is 9.59 Å². The van der Waals surface area contributed by atoms with Crippen molar-refractivity contribution in [2.75, 3.05) is 13.1 Å². The predicted molar refractivity (Wildman–Crippen MR) is 84.8 cm³/mol. The molecule has 1 amide bonds. The first-order valence-electron chi connectivity index (χ1n) is 7.69. The number of ether oxygens (including phenoxy) is 1. The van der Waals surface area contributed by atoms with E-state index < -0.39 is 12.0 Å². The zero-order valence-electron chi connectivity index (χ0n) is 13.0. The first kappa shape index (κ1) is 17.5. The van der Waals surface area contributed by atoms with E-state index in [2.05, 4.69) is 10.6 Å². The summed E-state index contributed by atoms with van der Waals surface area (Å²) in [6, 6.07) is -0.792. The summed E-state index contributed by atoms with van der Waals surface area (Å²) in [6.45, 7) is 4.90. The molecule has 0 aromatic carbocycles. The van der Waals surface area contributed by atoms with Crippen molar-refractivity contribution in [3.8, 4) is 0 Å². The van der Waals surface area contributed by atoms with Crippen molar-refractivity contribution in [1.82, 2.24) is 10.6 Å². The van der Waals surface area contributed by atoms with E-state index in [-0.39, 0.29) is 41.2 Å². The van der Waals surface area contributed by atoms with Crippen molar-refractivity contribution in [3.05, 3.63) is 0 Å². The van der Waals surface area contributed by atoms with Crippen molar-refractivity contribution < 1.29 is 19.4 Å². The number of nitrogens with one attached hydrogen (secondary N) is 2. The molecule has 0 spiro atoms. The maximum Gasteiger partial charge on any atom is 0.322 e. The summed E-state index contributed by atoms with van der Waals surface area (Å²) in [5, 5.41) is 14.9. The van der Waals surface area contributed by atoms with Crippen LogP contribution in [0.2, 0.25) is 0 Å². The largest absolute Gasteiger partial charge is 0.480 e. The summed E-state index contributed by atoms with van der Waals surface area (Å²) in [5.41, 5.74) is 5.40. The van der Waals surface area contributed by atoms with Crippen molar-refractivity contribution in [1.29, 1.82) is 0 Å². The van der Waals surface area contributed by atoms with Crippen LogP contribution in [0, 0.1) is 0 Å². The third kappa shape index (κ3) is 4.34. The van der Waals surface area contributed by atoms with Crippen LogP contribution in [0.3, 0.4) is 0 Å². The first-order valence-corrected chi connectivity index (χ1v) is 8.63. The van der Waals surface area contributed by atoms with Gasteiger partial charge in [0.05, 0.1) is 17.5 Å².